The lowest BCUT2D eigenvalue weighted by molar-refractivity contribution is 0.249. The summed E-state index contributed by atoms with van der Waals surface area (Å²) >= 11 is 0. The summed E-state index contributed by atoms with van der Waals surface area (Å²) in [5.41, 5.74) is 7.87. The first-order chi connectivity index (χ1) is 12.7. The molecule has 3 aromatic carbocycles. The van der Waals surface area contributed by atoms with E-state index in [-0.39, 0.29) is 0 Å². The lowest BCUT2D eigenvalue weighted by atomic mass is 10.2. The Morgan fingerprint density at radius 2 is 1.23 bits per heavy atom. The highest BCUT2D eigenvalue weighted by atomic mass is 16.5. The van der Waals surface area contributed by atoms with Gasteiger partial charge in [-0.05, 0) is 66.2 Å². The Morgan fingerprint density at radius 1 is 0.769 bits per heavy atom. The number of primary amides is 1. The van der Waals surface area contributed by atoms with Gasteiger partial charge >= 0.3 is 6.03 Å². The second-order valence-electron chi connectivity index (χ2n) is 5.29. The molecule has 0 bridgehead atoms. The van der Waals surface area contributed by atoms with Crippen molar-refractivity contribution in [3.63, 3.8) is 0 Å². The van der Waals surface area contributed by atoms with E-state index in [2.05, 4.69) is 10.5 Å². The van der Waals surface area contributed by atoms with Gasteiger partial charge in [-0.2, -0.15) is 5.10 Å². The number of amides is 2. The summed E-state index contributed by atoms with van der Waals surface area (Å²) in [4.78, 5) is 10.5. The van der Waals surface area contributed by atoms with Gasteiger partial charge in [0.1, 0.15) is 23.0 Å². The molecule has 26 heavy (non-hydrogen) atoms. The number of nitrogens with two attached hydrogens (primary N) is 1. The van der Waals surface area contributed by atoms with Crippen molar-refractivity contribution in [2.24, 2.45) is 10.8 Å². The van der Waals surface area contributed by atoms with Crippen molar-refractivity contribution in [2.45, 2.75) is 0 Å². The van der Waals surface area contributed by atoms with Crippen LogP contribution < -0.4 is 20.6 Å². The van der Waals surface area contributed by atoms with Crippen LogP contribution in [0.2, 0.25) is 0 Å². The van der Waals surface area contributed by atoms with E-state index in [9.17, 15) is 4.79 Å². The fraction of sp³-hybridized carbons (Fsp3) is 0. The highest BCUT2D eigenvalue weighted by Crippen LogP contribution is 2.26. The highest BCUT2D eigenvalue weighted by Gasteiger charge is 2.00. The van der Waals surface area contributed by atoms with Gasteiger partial charge in [0.25, 0.3) is 0 Å². The standard InChI is InChI=1S/C20H17N3O3/c21-20(24)23-22-14-15-6-8-17(9-7-15)26-19-12-10-18(11-13-19)25-16-4-2-1-3-5-16/h1-14H,(H3,21,23,24)/b22-14+. The Hall–Kier alpha value is -3.80. The molecule has 0 fully saturated rings. The summed E-state index contributed by atoms with van der Waals surface area (Å²) in [6.07, 6.45) is 1.49. The summed E-state index contributed by atoms with van der Waals surface area (Å²) in [5.74, 6) is 2.89. The predicted octanol–water partition coefficient (Wildman–Crippen LogP) is 4.27. The summed E-state index contributed by atoms with van der Waals surface area (Å²) < 4.78 is 11.5. The van der Waals surface area contributed by atoms with E-state index >= 15 is 0 Å². The van der Waals surface area contributed by atoms with E-state index < -0.39 is 6.03 Å². The van der Waals surface area contributed by atoms with E-state index in [1.807, 2.05) is 66.7 Å². The fourth-order valence-corrected chi connectivity index (χ4v) is 2.13. The summed E-state index contributed by atoms with van der Waals surface area (Å²) in [6, 6.07) is 23.5. The molecule has 0 atom stereocenters. The third-order valence-electron chi connectivity index (χ3n) is 3.31. The van der Waals surface area contributed by atoms with Gasteiger partial charge in [0.15, 0.2) is 0 Å². The van der Waals surface area contributed by atoms with Gasteiger partial charge in [-0.25, -0.2) is 10.2 Å². The number of ether oxygens (including phenoxy) is 2. The van der Waals surface area contributed by atoms with Crippen LogP contribution in [0.3, 0.4) is 0 Å². The molecule has 0 heterocycles. The third-order valence-corrected chi connectivity index (χ3v) is 3.31. The second kappa shape index (κ2) is 8.34. The minimum Gasteiger partial charge on any atom is -0.457 e. The third kappa shape index (κ3) is 5.10. The molecule has 2 amide bonds. The van der Waals surface area contributed by atoms with Crippen molar-refractivity contribution in [3.05, 3.63) is 84.4 Å². The lowest BCUT2D eigenvalue weighted by Gasteiger charge is -2.08. The van der Waals surface area contributed by atoms with E-state index in [1.54, 1.807) is 12.1 Å². The maximum Gasteiger partial charge on any atom is 0.332 e. The number of carbonyl (C=O) groups is 1. The molecule has 0 aliphatic carbocycles. The van der Waals surface area contributed by atoms with Gasteiger partial charge in [-0.15, -0.1) is 0 Å². The molecule has 3 aromatic rings. The zero-order chi connectivity index (χ0) is 18.2. The second-order valence-corrected chi connectivity index (χ2v) is 5.29. The van der Waals surface area contributed by atoms with E-state index in [0.29, 0.717) is 11.5 Å². The molecule has 0 saturated carbocycles. The summed E-state index contributed by atoms with van der Waals surface area (Å²) in [5, 5.41) is 3.69. The molecule has 3 rings (SSSR count). The molecule has 3 N–H and O–H groups in total. The van der Waals surface area contributed by atoms with Crippen LogP contribution in [0.5, 0.6) is 23.0 Å². The molecule has 130 valence electrons. The Bertz CT molecular complexity index is 876. The number of rotatable bonds is 6. The van der Waals surface area contributed by atoms with E-state index in [4.69, 9.17) is 15.2 Å². The van der Waals surface area contributed by atoms with Crippen LogP contribution in [-0.2, 0) is 0 Å². The first-order valence-corrected chi connectivity index (χ1v) is 7.88. The average Bonchev–Trinajstić information content (AvgIpc) is 2.65. The Balaban J connectivity index is 1.58. The van der Waals surface area contributed by atoms with Gasteiger partial charge in [-0.3, -0.25) is 0 Å². The van der Waals surface area contributed by atoms with Gasteiger partial charge in [0.2, 0.25) is 0 Å². The molecule has 0 saturated heterocycles. The maximum absolute atomic E-state index is 10.5. The van der Waals surface area contributed by atoms with E-state index in [1.165, 1.54) is 6.21 Å². The summed E-state index contributed by atoms with van der Waals surface area (Å²) in [6.45, 7) is 0. The SMILES string of the molecule is NC(=O)N/N=C/c1ccc(Oc2ccc(Oc3ccccc3)cc2)cc1. The van der Waals surface area contributed by atoms with Gasteiger partial charge in [0, 0.05) is 0 Å². The topological polar surface area (TPSA) is 85.9 Å². The molecule has 0 aliphatic rings. The minimum atomic E-state index is -0.708. The first kappa shape index (κ1) is 17.0. The molecule has 0 spiro atoms. The van der Waals surface area contributed by atoms with Crippen LogP contribution in [-0.4, -0.2) is 12.2 Å². The van der Waals surface area contributed by atoms with Crippen molar-refractivity contribution in [2.75, 3.05) is 0 Å². The maximum atomic E-state index is 10.5. The number of urea groups is 1. The molecule has 6 heteroatoms. The zero-order valence-corrected chi connectivity index (χ0v) is 13.8. The monoisotopic (exact) mass is 347 g/mol. The van der Waals surface area contributed by atoms with Crippen LogP contribution >= 0.6 is 0 Å². The number of hydrogen-bond donors (Lipinski definition) is 2. The van der Waals surface area contributed by atoms with Crippen molar-refractivity contribution < 1.29 is 14.3 Å². The minimum absolute atomic E-state index is 0.682. The zero-order valence-electron chi connectivity index (χ0n) is 13.8. The highest BCUT2D eigenvalue weighted by molar-refractivity contribution is 5.81. The number of carbonyl (C=O) groups excluding carboxylic acids is 1. The number of nitrogens with one attached hydrogen (secondary N) is 1. The van der Waals surface area contributed by atoms with Gasteiger partial charge < -0.3 is 15.2 Å². The predicted molar refractivity (Wildman–Crippen MR) is 99.8 cm³/mol. The molecular weight excluding hydrogens is 330 g/mol. The van der Waals surface area contributed by atoms with Crippen molar-refractivity contribution >= 4 is 12.2 Å². The largest absolute Gasteiger partial charge is 0.457 e. The quantitative estimate of drug-likeness (QED) is 0.515. The number of hydrogen-bond acceptors (Lipinski definition) is 4. The normalized spacial score (nSPS) is 10.5. The van der Waals surface area contributed by atoms with Crippen LogP contribution in [0, 0.1) is 0 Å². The molecule has 0 unspecified atom stereocenters. The molecule has 6 nitrogen and oxygen atoms in total. The van der Waals surface area contributed by atoms with E-state index in [0.717, 1.165) is 17.1 Å². The van der Waals surface area contributed by atoms with Crippen LogP contribution in [0.4, 0.5) is 4.79 Å². The summed E-state index contributed by atoms with van der Waals surface area (Å²) in [7, 11) is 0. The molecule has 0 radical (unpaired) electrons. The number of benzene rings is 3. The van der Waals surface area contributed by atoms with Crippen molar-refractivity contribution in [3.8, 4) is 23.0 Å². The van der Waals surface area contributed by atoms with Crippen molar-refractivity contribution in [1.82, 2.24) is 5.43 Å². The first-order valence-electron chi connectivity index (χ1n) is 7.88. The van der Waals surface area contributed by atoms with Gasteiger partial charge in [-0.1, -0.05) is 18.2 Å². The Kier molecular flexibility index (Phi) is 5.47. The molecule has 0 aromatic heterocycles. The Labute approximate surface area is 150 Å². The number of para-hydroxylation sites is 1. The Morgan fingerprint density at radius 3 is 1.73 bits per heavy atom. The van der Waals surface area contributed by atoms with Crippen LogP contribution in [0.15, 0.2) is 84.0 Å². The van der Waals surface area contributed by atoms with Crippen LogP contribution in [0.25, 0.3) is 0 Å². The smallest absolute Gasteiger partial charge is 0.332 e. The molecule has 0 aliphatic heterocycles. The van der Waals surface area contributed by atoms with Crippen LogP contribution in [0.1, 0.15) is 5.56 Å². The fourth-order valence-electron chi connectivity index (χ4n) is 2.13. The lowest BCUT2D eigenvalue weighted by Crippen LogP contribution is -2.24. The van der Waals surface area contributed by atoms with Gasteiger partial charge in [0.05, 0.1) is 6.21 Å². The number of hydrazone groups is 1. The number of nitrogens with zero attached hydrogens (tertiary/aromatic N) is 1. The van der Waals surface area contributed by atoms with Crippen molar-refractivity contribution in [1.29, 1.82) is 0 Å². The molecular formula is C20H17N3O3. The average molecular weight is 347 g/mol.